The van der Waals surface area contributed by atoms with Gasteiger partial charge in [-0.3, -0.25) is 9.59 Å². The molecule has 4 rings (SSSR count). The molecule has 2 aromatic carbocycles. The van der Waals surface area contributed by atoms with Gasteiger partial charge in [-0.1, -0.05) is 0 Å². The Labute approximate surface area is 179 Å². The van der Waals surface area contributed by atoms with Crippen LogP contribution in [0.15, 0.2) is 45.6 Å². The molecule has 1 saturated heterocycles. The zero-order valence-corrected chi connectivity index (χ0v) is 16.3. The number of hydrogen-bond donors (Lipinski definition) is 5. The second kappa shape index (κ2) is 8.08. The van der Waals surface area contributed by atoms with Gasteiger partial charge < -0.3 is 39.5 Å². The van der Waals surface area contributed by atoms with Gasteiger partial charge in [0.25, 0.3) is 0 Å². The Bertz CT molecular complexity index is 1260. The maximum absolute atomic E-state index is 12.8. The number of carbonyl (C=O) groups excluding carboxylic acids is 2. The van der Waals surface area contributed by atoms with E-state index in [1.54, 1.807) is 0 Å². The van der Waals surface area contributed by atoms with Crippen LogP contribution in [0, 0.1) is 5.92 Å². The molecule has 10 nitrogen and oxygen atoms in total. The summed E-state index contributed by atoms with van der Waals surface area (Å²) in [6, 6.07) is 7.62. The molecule has 0 saturated carbocycles. The predicted molar refractivity (Wildman–Crippen MR) is 108 cm³/mol. The molecule has 1 fully saturated rings. The average Bonchev–Trinajstić information content (AvgIpc) is 2.76. The number of phenolic OH excluding ortho intramolecular Hbond substituents is 3. The number of aliphatic hydroxyl groups is 2. The highest BCUT2D eigenvalue weighted by atomic mass is 16.5. The van der Waals surface area contributed by atoms with E-state index >= 15 is 0 Å². The minimum absolute atomic E-state index is 0.0162. The van der Waals surface area contributed by atoms with E-state index < -0.39 is 53.5 Å². The fourth-order valence-corrected chi connectivity index (χ4v) is 3.78. The average molecular weight is 442 g/mol. The summed E-state index contributed by atoms with van der Waals surface area (Å²) in [4.78, 5) is 36.6. The first kappa shape index (κ1) is 21.5. The molecule has 2 heterocycles. The summed E-state index contributed by atoms with van der Waals surface area (Å²) >= 11 is 0. The quantitative estimate of drug-likeness (QED) is 0.363. The second-order valence-electron chi connectivity index (χ2n) is 7.34. The van der Waals surface area contributed by atoms with Crippen LogP contribution in [0.25, 0.3) is 22.3 Å². The van der Waals surface area contributed by atoms with Gasteiger partial charge in [-0.25, -0.2) is 0 Å². The van der Waals surface area contributed by atoms with Crippen LogP contribution in [0.4, 0.5) is 0 Å². The van der Waals surface area contributed by atoms with Gasteiger partial charge in [-0.15, -0.1) is 0 Å². The molecular weight excluding hydrogens is 424 g/mol. The van der Waals surface area contributed by atoms with E-state index in [0.29, 0.717) is 5.56 Å². The molecule has 0 radical (unpaired) electrons. The van der Waals surface area contributed by atoms with Crippen molar-refractivity contribution in [3.05, 3.63) is 52.2 Å². The maximum Gasteiger partial charge on any atom is 0.197 e. The molecule has 0 aliphatic carbocycles. The lowest BCUT2D eigenvalue weighted by Crippen LogP contribution is -2.50. The van der Waals surface area contributed by atoms with Gasteiger partial charge in [0, 0.05) is 17.7 Å². The molecule has 10 heteroatoms. The Balaban J connectivity index is 2.00. The van der Waals surface area contributed by atoms with Gasteiger partial charge in [0.15, 0.2) is 16.8 Å². The number of Topliss-reactive ketones (excluding diaryl/α,β-unsaturated/α-hetero) is 1. The molecule has 4 unspecified atom stereocenters. The van der Waals surface area contributed by atoms with Crippen molar-refractivity contribution >= 4 is 23.0 Å². The van der Waals surface area contributed by atoms with E-state index in [9.17, 15) is 39.9 Å². The molecule has 166 valence electrons. The topological polar surface area (TPSA) is 175 Å². The van der Waals surface area contributed by atoms with Gasteiger partial charge >= 0.3 is 0 Å². The van der Waals surface area contributed by atoms with Gasteiger partial charge in [-0.2, -0.15) is 0 Å². The van der Waals surface area contributed by atoms with E-state index in [-0.39, 0.29) is 34.3 Å². The Morgan fingerprint density at radius 3 is 2.31 bits per heavy atom. The third-order valence-corrected chi connectivity index (χ3v) is 5.39. The number of hydrogen-bond acceptors (Lipinski definition) is 10. The molecule has 3 aromatic rings. The lowest BCUT2D eigenvalue weighted by molar-refractivity contribution is -0.175. The molecule has 0 bridgehead atoms. The van der Waals surface area contributed by atoms with Crippen molar-refractivity contribution in [2.75, 3.05) is 6.61 Å². The molecule has 1 aliphatic rings. The van der Waals surface area contributed by atoms with Gasteiger partial charge in [0.1, 0.15) is 53.0 Å². The third-order valence-electron chi connectivity index (χ3n) is 5.39. The fourth-order valence-electron chi connectivity index (χ4n) is 3.78. The van der Waals surface area contributed by atoms with Crippen molar-refractivity contribution in [2.24, 2.45) is 5.92 Å². The van der Waals surface area contributed by atoms with Crippen molar-refractivity contribution < 1.29 is 44.3 Å². The van der Waals surface area contributed by atoms with E-state index in [2.05, 4.69) is 0 Å². The van der Waals surface area contributed by atoms with Crippen LogP contribution < -0.4 is 5.43 Å². The summed E-state index contributed by atoms with van der Waals surface area (Å²) in [6.07, 6.45) is -4.53. The van der Waals surface area contributed by atoms with Crippen LogP contribution in [0.3, 0.4) is 0 Å². The first-order valence-corrected chi connectivity index (χ1v) is 9.52. The first-order chi connectivity index (χ1) is 15.3. The van der Waals surface area contributed by atoms with Crippen LogP contribution in [0.5, 0.6) is 17.2 Å². The van der Waals surface area contributed by atoms with Crippen molar-refractivity contribution in [2.45, 2.75) is 18.3 Å². The predicted octanol–water partition coefficient (Wildman–Crippen LogP) is 0.754. The molecular formula is C22H18O10. The van der Waals surface area contributed by atoms with Crippen molar-refractivity contribution in [3.8, 4) is 28.6 Å². The van der Waals surface area contributed by atoms with Crippen molar-refractivity contribution in [1.82, 2.24) is 0 Å². The Morgan fingerprint density at radius 1 is 1.00 bits per heavy atom. The molecule has 32 heavy (non-hydrogen) atoms. The number of carbonyl (C=O) groups is 2. The van der Waals surface area contributed by atoms with Gasteiger partial charge in [0.05, 0.1) is 18.1 Å². The molecule has 0 amide bonds. The van der Waals surface area contributed by atoms with E-state index in [1.807, 2.05) is 0 Å². The van der Waals surface area contributed by atoms with Crippen LogP contribution in [-0.4, -0.2) is 56.4 Å². The maximum atomic E-state index is 12.8. The Hall–Kier alpha value is -3.73. The van der Waals surface area contributed by atoms with Gasteiger partial charge in [-0.05, 0) is 24.3 Å². The number of aliphatic hydroxyl groups excluding tert-OH is 2. The highest BCUT2D eigenvalue weighted by molar-refractivity contribution is 5.93. The smallest absolute Gasteiger partial charge is 0.197 e. The monoisotopic (exact) mass is 442 g/mol. The summed E-state index contributed by atoms with van der Waals surface area (Å²) in [6.45, 7) is -0.794. The minimum atomic E-state index is -1.83. The summed E-state index contributed by atoms with van der Waals surface area (Å²) < 4.78 is 11.3. The van der Waals surface area contributed by atoms with Crippen LogP contribution in [0.1, 0.15) is 11.7 Å². The Morgan fingerprint density at radius 2 is 1.69 bits per heavy atom. The Kier molecular flexibility index (Phi) is 5.43. The number of fused-ring (bicyclic) bond motifs is 1. The number of rotatable bonds is 4. The van der Waals surface area contributed by atoms with Crippen LogP contribution >= 0.6 is 0 Å². The zero-order chi connectivity index (χ0) is 23.2. The zero-order valence-electron chi connectivity index (χ0n) is 16.3. The summed E-state index contributed by atoms with van der Waals surface area (Å²) in [7, 11) is 0. The number of ketones is 1. The van der Waals surface area contributed by atoms with E-state index in [1.165, 1.54) is 24.3 Å². The molecule has 5 N–H and O–H groups in total. The molecule has 1 aliphatic heterocycles. The lowest BCUT2D eigenvalue weighted by atomic mass is 9.84. The normalized spacial score (nSPS) is 23.4. The number of benzene rings is 2. The SMILES string of the molecule is O=CC1C(O)C(=O)C(CO)OC1c1c(O)cc(O)c2c(=O)cc(-c3ccc(O)cc3)oc12. The number of aromatic hydroxyl groups is 3. The number of ether oxygens (including phenoxy) is 1. The van der Waals surface area contributed by atoms with Crippen molar-refractivity contribution in [3.63, 3.8) is 0 Å². The minimum Gasteiger partial charge on any atom is -0.508 e. The van der Waals surface area contributed by atoms with E-state index in [4.69, 9.17) is 9.15 Å². The highest BCUT2D eigenvalue weighted by Gasteiger charge is 2.46. The fraction of sp³-hybridized carbons (Fsp3) is 0.227. The standard InChI is InChI=1S/C22H18O10/c23-7-11-19(29)20(30)16(8-24)32-21(11)18-13(27)5-12(26)17-14(28)6-15(31-22(17)18)9-1-3-10(25)4-2-9/h1-7,11,16,19,21,24-27,29H,8H2. The molecule has 1 aromatic heterocycles. The molecule has 4 atom stereocenters. The lowest BCUT2D eigenvalue weighted by Gasteiger charge is -2.36. The second-order valence-corrected chi connectivity index (χ2v) is 7.34. The number of aldehydes is 1. The summed E-state index contributed by atoms with van der Waals surface area (Å²) in [5.74, 6) is -3.60. The van der Waals surface area contributed by atoms with Crippen LogP contribution in [-0.2, 0) is 14.3 Å². The third kappa shape index (κ3) is 3.40. The molecule has 0 spiro atoms. The first-order valence-electron chi connectivity index (χ1n) is 9.52. The number of phenols is 3. The highest BCUT2D eigenvalue weighted by Crippen LogP contribution is 2.44. The largest absolute Gasteiger partial charge is 0.508 e. The van der Waals surface area contributed by atoms with Crippen LogP contribution in [0.2, 0.25) is 0 Å². The van der Waals surface area contributed by atoms with Crippen molar-refractivity contribution in [1.29, 1.82) is 0 Å². The summed E-state index contributed by atoms with van der Waals surface area (Å²) in [5.41, 5.74) is -0.872. The van der Waals surface area contributed by atoms with Gasteiger partial charge in [0.2, 0.25) is 0 Å². The summed E-state index contributed by atoms with van der Waals surface area (Å²) in [5, 5.41) is 49.7. The van der Waals surface area contributed by atoms with E-state index in [0.717, 1.165) is 12.1 Å².